The quantitative estimate of drug-likeness (QED) is 0.0769. The van der Waals surface area contributed by atoms with Gasteiger partial charge in [-0.1, -0.05) is 117 Å². The third-order valence-electron chi connectivity index (χ3n) is 11.0. The molecule has 0 fully saturated rings. The molecule has 2 N–H and O–H groups in total. The van der Waals surface area contributed by atoms with Crippen LogP contribution in [0.1, 0.15) is 93.6 Å². The van der Waals surface area contributed by atoms with Gasteiger partial charge < -0.3 is 10.2 Å². The highest BCUT2D eigenvalue weighted by Gasteiger charge is 2.30. The van der Waals surface area contributed by atoms with E-state index >= 15 is 0 Å². The number of rotatable bonds is 20. The number of unbranched alkanes of at least 4 members (excludes halogenated alkanes) is 2. The largest absolute Gasteiger partial charge is 0.478 e. The van der Waals surface area contributed by atoms with E-state index < -0.39 is 37.8 Å². The van der Waals surface area contributed by atoms with Gasteiger partial charge in [-0.2, -0.15) is 0 Å². The number of sulfonamides is 2. The normalized spacial score (nSPS) is 11.3. The van der Waals surface area contributed by atoms with Crippen molar-refractivity contribution >= 4 is 43.4 Å². The van der Waals surface area contributed by atoms with E-state index in [9.17, 15) is 30.8 Å². The molecule has 0 atom stereocenters. The van der Waals surface area contributed by atoms with Gasteiger partial charge in [-0.05, 0) is 135 Å². The van der Waals surface area contributed by atoms with Crippen LogP contribution in [0.2, 0.25) is 0 Å². The first-order valence-electron chi connectivity index (χ1n) is 21.8. The lowest BCUT2D eigenvalue weighted by atomic mass is 10.0. The van der Waals surface area contributed by atoms with Gasteiger partial charge >= 0.3 is 11.9 Å². The molecule has 0 spiro atoms. The van der Waals surface area contributed by atoms with E-state index in [0.29, 0.717) is 54.9 Å². The minimum Gasteiger partial charge on any atom is -0.478 e. The topological polar surface area (TPSA) is 149 Å². The molecule has 342 valence electrons. The average molecular weight is 921 g/mol. The number of hydrogen-bond acceptors (Lipinski definition) is 6. The lowest BCUT2D eigenvalue weighted by Gasteiger charge is -2.27. The molecule has 0 radical (unpaired) electrons. The van der Waals surface area contributed by atoms with Crippen molar-refractivity contribution in [3.05, 3.63) is 190 Å². The maximum absolute atomic E-state index is 14.4. The SMILES string of the molecule is CCCCN(c1ccccc1CCc1ccc(C(=O)O)cc1)S(=O)(=O)c1ccc(C)cc1C.CCCCN(c1ccccc1CCc1ccc(C(=O)O)cc1)S(=O)(=O)c1ccccc1F. The van der Waals surface area contributed by atoms with Crippen LogP contribution in [-0.4, -0.2) is 52.1 Å². The highest BCUT2D eigenvalue weighted by molar-refractivity contribution is 7.93. The van der Waals surface area contributed by atoms with Crippen LogP contribution in [0.4, 0.5) is 15.8 Å². The Labute approximate surface area is 383 Å². The Morgan fingerprint density at radius 1 is 0.523 bits per heavy atom. The fourth-order valence-electron chi connectivity index (χ4n) is 7.44. The number of carbonyl (C=O) groups is 2. The number of hydrogen-bond donors (Lipinski definition) is 2. The molecule has 0 aliphatic rings. The molecule has 0 aliphatic heterocycles. The fraction of sp³-hybridized carbons (Fsp3) is 0.269. The first-order valence-corrected chi connectivity index (χ1v) is 24.6. The molecular weight excluding hydrogens is 864 g/mol. The van der Waals surface area contributed by atoms with Crippen molar-refractivity contribution in [2.75, 3.05) is 21.7 Å². The minimum atomic E-state index is -4.08. The zero-order valence-corrected chi connectivity index (χ0v) is 38.9. The summed E-state index contributed by atoms with van der Waals surface area (Å²) in [4.78, 5) is 22.1. The Morgan fingerprint density at radius 2 is 0.938 bits per heavy atom. The van der Waals surface area contributed by atoms with Crippen LogP contribution in [-0.2, 0) is 45.7 Å². The average Bonchev–Trinajstić information content (AvgIpc) is 3.29. The Morgan fingerprint density at radius 3 is 1.35 bits per heavy atom. The van der Waals surface area contributed by atoms with E-state index in [1.165, 1.54) is 22.5 Å². The van der Waals surface area contributed by atoms with Gasteiger partial charge in [0, 0.05) is 13.1 Å². The summed E-state index contributed by atoms with van der Waals surface area (Å²) < 4.78 is 71.6. The number of nitrogens with zero attached hydrogens (tertiary/aromatic N) is 2. The smallest absolute Gasteiger partial charge is 0.335 e. The zero-order valence-electron chi connectivity index (χ0n) is 37.3. The van der Waals surface area contributed by atoms with Gasteiger partial charge in [-0.3, -0.25) is 8.61 Å². The molecule has 6 aromatic carbocycles. The molecule has 0 aliphatic carbocycles. The summed E-state index contributed by atoms with van der Waals surface area (Å²) in [5.74, 6) is -2.70. The van der Waals surface area contributed by atoms with Crippen molar-refractivity contribution in [3.63, 3.8) is 0 Å². The van der Waals surface area contributed by atoms with Crippen LogP contribution in [0, 0.1) is 19.7 Å². The zero-order chi connectivity index (χ0) is 47.1. The third kappa shape index (κ3) is 12.9. The first kappa shape index (κ1) is 49.7. The van der Waals surface area contributed by atoms with Gasteiger partial charge in [0.15, 0.2) is 0 Å². The van der Waals surface area contributed by atoms with Gasteiger partial charge in [0.05, 0.1) is 27.4 Å². The lowest BCUT2D eigenvalue weighted by molar-refractivity contribution is 0.0686. The second-order valence-corrected chi connectivity index (χ2v) is 19.5. The number of halogens is 1. The Kier molecular flexibility index (Phi) is 17.6. The summed E-state index contributed by atoms with van der Waals surface area (Å²) in [5.41, 5.74) is 7.21. The Hall–Kier alpha value is -6.31. The minimum absolute atomic E-state index is 0.218. The third-order valence-corrected chi connectivity index (χ3v) is 14.8. The summed E-state index contributed by atoms with van der Waals surface area (Å²) in [5, 5.41) is 18.1. The van der Waals surface area contributed by atoms with E-state index in [-0.39, 0.29) is 22.6 Å². The predicted octanol–water partition coefficient (Wildman–Crippen LogP) is 11.1. The van der Waals surface area contributed by atoms with Crippen molar-refractivity contribution in [3.8, 4) is 0 Å². The van der Waals surface area contributed by atoms with Crippen LogP contribution in [0.25, 0.3) is 0 Å². The highest BCUT2D eigenvalue weighted by Crippen LogP contribution is 2.32. The molecule has 0 saturated heterocycles. The van der Waals surface area contributed by atoms with Gasteiger partial charge in [0.25, 0.3) is 20.0 Å². The maximum atomic E-state index is 14.4. The van der Waals surface area contributed by atoms with E-state index in [0.717, 1.165) is 58.7 Å². The van der Waals surface area contributed by atoms with Gasteiger partial charge in [0.1, 0.15) is 10.7 Å². The van der Waals surface area contributed by atoms with Crippen molar-refractivity contribution in [2.45, 2.75) is 88.9 Å². The molecule has 0 bridgehead atoms. The number of aromatic carboxylic acids is 2. The van der Waals surface area contributed by atoms with Crippen molar-refractivity contribution < 1.29 is 41.0 Å². The number of carboxylic acids is 2. The monoisotopic (exact) mass is 920 g/mol. The number of aryl methyl sites for hydroxylation is 6. The second kappa shape index (κ2) is 23.0. The van der Waals surface area contributed by atoms with Crippen molar-refractivity contribution in [2.24, 2.45) is 0 Å². The summed E-state index contributed by atoms with van der Waals surface area (Å²) in [7, 11) is -7.81. The highest BCUT2D eigenvalue weighted by atomic mass is 32.2. The molecule has 0 amide bonds. The van der Waals surface area contributed by atoms with E-state index in [1.54, 1.807) is 58.9 Å². The molecule has 10 nitrogen and oxygen atoms in total. The van der Waals surface area contributed by atoms with Gasteiger partial charge in [-0.25, -0.2) is 30.8 Å². The van der Waals surface area contributed by atoms with Crippen LogP contribution in [0.3, 0.4) is 0 Å². The number of carboxylic acid groups (broad SMARTS) is 2. The molecule has 6 aromatic rings. The standard InChI is InChI=1S/C27H31NO4S.C25H26FNO4S/c1-4-5-18-28(33(31,32)26-17-10-20(2)19-21(26)3)25-9-7-6-8-23(25)14-11-22-12-15-24(16-13-22)27(29)30;1-2-3-18-27(32(30,31)24-11-7-5-9-22(24)26)23-10-6-4-8-20(23)15-12-19-13-16-21(17-14-19)25(28)29/h6-10,12-13,15-17,19H,4-5,11,14,18H2,1-3H3,(H,29,30);4-11,13-14,16-17H,2-3,12,15,18H2,1H3,(H,28,29). The first-order chi connectivity index (χ1) is 31.1. The van der Waals surface area contributed by atoms with Crippen LogP contribution in [0.15, 0.2) is 149 Å². The summed E-state index contributed by atoms with van der Waals surface area (Å²) in [6.07, 6.45) is 5.57. The van der Waals surface area contributed by atoms with Crippen molar-refractivity contribution in [1.29, 1.82) is 0 Å². The summed E-state index contributed by atoms with van der Waals surface area (Å²) in [6.45, 7) is 8.48. The van der Waals surface area contributed by atoms with Crippen molar-refractivity contribution in [1.82, 2.24) is 0 Å². The van der Waals surface area contributed by atoms with Crippen LogP contribution < -0.4 is 8.61 Å². The molecule has 6 rings (SSSR count). The molecule has 0 heterocycles. The molecule has 0 aromatic heterocycles. The molecule has 65 heavy (non-hydrogen) atoms. The fourth-order valence-corrected chi connectivity index (χ4v) is 10.8. The van der Waals surface area contributed by atoms with Gasteiger partial charge in [-0.15, -0.1) is 0 Å². The van der Waals surface area contributed by atoms with E-state index in [2.05, 4.69) is 6.92 Å². The molecule has 13 heteroatoms. The number of anilines is 2. The Balaban J connectivity index is 0.000000244. The van der Waals surface area contributed by atoms with Gasteiger partial charge in [0.2, 0.25) is 0 Å². The predicted molar refractivity (Wildman–Crippen MR) is 256 cm³/mol. The summed E-state index contributed by atoms with van der Waals surface area (Å²) >= 11 is 0. The van der Waals surface area contributed by atoms with E-state index in [4.69, 9.17) is 10.2 Å². The second-order valence-electron chi connectivity index (χ2n) is 15.8. The number of benzene rings is 6. The lowest BCUT2D eigenvalue weighted by Crippen LogP contribution is -2.33. The van der Waals surface area contributed by atoms with E-state index in [1.807, 2.05) is 81.4 Å². The Bertz CT molecular complexity index is 2780. The summed E-state index contributed by atoms with van der Waals surface area (Å²) in [6, 6.07) is 39.2. The molecular formula is C52H57FN2O8S2. The van der Waals surface area contributed by atoms with Crippen LogP contribution in [0.5, 0.6) is 0 Å². The van der Waals surface area contributed by atoms with Crippen LogP contribution >= 0.6 is 0 Å². The molecule has 0 unspecified atom stereocenters. The molecule has 0 saturated carbocycles. The number of para-hydroxylation sites is 2. The maximum Gasteiger partial charge on any atom is 0.335 e.